The molecule has 2 heterocycles. The van der Waals surface area contributed by atoms with Gasteiger partial charge in [-0.2, -0.15) is 5.10 Å². The Hall–Kier alpha value is -4.33. The van der Waals surface area contributed by atoms with Gasteiger partial charge in [0.15, 0.2) is 11.6 Å². The maximum absolute atomic E-state index is 5.91. The van der Waals surface area contributed by atoms with Crippen LogP contribution in [0.2, 0.25) is 0 Å². The summed E-state index contributed by atoms with van der Waals surface area (Å²) in [5, 5.41) is 19.3. The van der Waals surface area contributed by atoms with Crippen LogP contribution in [0.4, 0.5) is 5.69 Å². The van der Waals surface area contributed by atoms with Gasteiger partial charge in [-0.15, -0.1) is 5.10 Å². The summed E-state index contributed by atoms with van der Waals surface area (Å²) >= 11 is 0. The highest BCUT2D eigenvalue weighted by Gasteiger charge is 2.21. The van der Waals surface area contributed by atoms with E-state index in [2.05, 4.69) is 83.9 Å². The molecule has 2 unspecified atom stereocenters. The van der Waals surface area contributed by atoms with E-state index >= 15 is 0 Å². The number of hydrogen-bond acceptors (Lipinski definition) is 6. The lowest BCUT2D eigenvalue weighted by atomic mass is 9.98. The van der Waals surface area contributed by atoms with Crippen molar-refractivity contribution in [1.82, 2.24) is 35.4 Å². The summed E-state index contributed by atoms with van der Waals surface area (Å²) in [6.45, 7) is 7.16. The molecule has 0 fully saturated rings. The molecule has 0 aliphatic heterocycles. The van der Waals surface area contributed by atoms with Crippen molar-refractivity contribution in [3.05, 3.63) is 95.6 Å². The van der Waals surface area contributed by atoms with Crippen LogP contribution in [-0.2, 0) is 6.54 Å². The standard InChI is InChI=1S/C28H30N8/c1-4-18(2)26-30-28(19(3)21-13-15-23(29)16-14-21)36(33-26)17-20-9-11-22(12-10-20)24-7-5-6-8-25(24)27-31-34-35-32-27/h5-16,18-19H,4,17,29H2,1-3H3,(H,31,32,34,35). The molecule has 0 bridgehead atoms. The molecule has 0 aliphatic rings. The fraction of sp³-hybridized carbons (Fsp3) is 0.250. The number of nitrogens with two attached hydrogens (primary N) is 1. The number of rotatable bonds is 8. The van der Waals surface area contributed by atoms with E-state index in [0.29, 0.717) is 18.3 Å². The quantitative estimate of drug-likeness (QED) is 0.288. The minimum Gasteiger partial charge on any atom is -0.399 e. The van der Waals surface area contributed by atoms with Gasteiger partial charge in [0.2, 0.25) is 0 Å². The Bertz CT molecular complexity index is 1420. The molecule has 36 heavy (non-hydrogen) atoms. The molecule has 5 rings (SSSR count). The van der Waals surface area contributed by atoms with Crippen LogP contribution >= 0.6 is 0 Å². The van der Waals surface area contributed by atoms with Gasteiger partial charge in [-0.3, -0.25) is 0 Å². The van der Waals surface area contributed by atoms with E-state index in [1.807, 2.05) is 35.0 Å². The molecule has 3 aromatic carbocycles. The van der Waals surface area contributed by atoms with Crippen LogP contribution < -0.4 is 5.73 Å². The number of nitrogens with one attached hydrogen (secondary N) is 1. The van der Waals surface area contributed by atoms with Gasteiger partial charge in [0, 0.05) is 23.1 Å². The molecule has 5 aromatic rings. The van der Waals surface area contributed by atoms with Crippen molar-refractivity contribution in [2.45, 2.75) is 45.6 Å². The smallest absolute Gasteiger partial charge is 0.180 e. The third-order valence-electron chi connectivity index (χ3n) is 6.72. The molecular weight excluding hydrogens is 448 g/mol. The summed E-state index contributed by atoms with van der Waals surface area (Å²) < 4.78 is 2.05. The molecule has 0 aliphatic carbocycles. The molecule has 0 amide bonds. The van der Waals surface area contributed by atoms with E-state index in [1.165, 1.54) is 5.56 Å². The fourth-order valence-electron chi connectivity index (χ4n) is 4.31. The summed E-state index contributed by atoms with van der Waals surface area (Å²) in [6.07, 6.45) is 0.995. The van der Waals surface area contributed by atoms with Crippen molar-refractivity contribution in [3.63, 3.8) is 0 Å². The third-order valence-corrected chi connectivity index (χ3v) is 6.72. The van der Waals surface area contributed by atoms with E-state index < -0.39 is 0 Å². The average Bonchev–Trinajstić information content (AvgIpc) is 3.60. The first-order valence-electron chi connectivity index (χ1n) is 12.3. The van der Waals surface area contributed by atoms with Gasteiger partial charge in [0.25, 0.3) is 0 Å². The summed E-state index contributed by atoms with van der Waals surface area (Å²) in [4.78, 5) is 4.98. The zero-order valence-corrected chi connectivity index (χ0v) is 20.8. The normalized spacial score (nSPS) is 13.0. The van der Waals surface area contributed by atoms with Gasteiger partial charge in [0.05, 0.1) is 6.54 Å². The number of aromatic amines is 1. The van der Waals surface area contributed by atoms with E-state index in [1.54, 1.807) is 0 Å². The van der Waals surface area contributed by atoms with E-state index in [4.69, 9.17) is 15.8 Å². The second-order valence-electron chi connectivity index (χ2n) is 9.18. The van der Waals surface area contributed by atoms with Crippen molar-refractivity contribution in [3.8, 4) is 22.5 Å². The van der Waals surface area contributed by atoms with Gasteiger partial charge in [-0.05, 0) is 51.2 Å². The Morgan fingerprint density at radius 2 is 1.64 bits per heavy atom. The Morgan fingerprint density at radius 3 is 2.31 bits per heavy atom. The molecule has 182 valence electrons. The molecule has 2 aromatic heterocycles. The van der Waals surface area contributed by atoms with Crippen molar-refractivity contribution >= 4 is 5.69 Å². The van der Waals surface area contributed by atoms with E-state index in [0.717, 1.165) is 46.0 Å². The van der Waals surface area contributed by atoms with Gasteiger partial charge in [-0.25, -0.2) is 14.8 Å². The molecule has 0 spiro atoms. The Kier molecular flexibility index (Phi) is 6.58. The first-order chi connectivity index (χ1) is 17.5. The first kappa shape index (κ1) is 23.4. The molecule has 0 saturated heterocycles. The molecule has 8 nitrogen and oxygen atoms in total. The molecule has 3 N–H and O–H groups in total. The molecular formula is C28H30N8. The Morgan fingerprint density at radius 1 is 0.917 bits per heavy atom. The number of aromatic nitrogens is 7. The van der Waals surface area contributed by atoms with E-state index in [-0.39, 0.29) is 5.92 Å². The summed E-state index contributed by atoms with van der Waals surface area (Å²) in [7, 11) is 0. The van der Waals surface area contributed by atoms with Gasteiger partial charge < -0.3 is 5.73 Å². The monoisotopic (exact) mass is 478 g/mol. The highest BCUT2D eigenvalue weighted by atomic mass is 15.5. The summed E-state index contributed by atoms with van der Waals surface area (Å²) in [5.41, 5.74) is 12.1. The van der Waals surface area contributed by atoms with Crippen LogP contribution in [-0.4, -0.2) is 35.4 Å². The maximum atomic E-state index is 5.91. The van der Waals surface area contributed by atoms with Crippen LogP contribution in [0.15, 0.2) is 72.8 Å². The van der Waals surface area contributed by atoms with Gasteiger partial charge in [-0.1, -0.05) is 81.4 Å². The third kappa shape index (κ3) is 4.75. The largest absolute Gasteiger partial charge is 0.399 e. The number of nitrogens with zero attached hydrogens (tertiary/aromatic N) is 6. The number of hydrogen-bond donors (Lipinski definition) is 2. The lowest BCUT2D eigenvalue weighted by molar-refractivity contribution is 0.602. The highest BCUT2D eigenvalue weighted by Crippen LogP contribution is 2.30. The zero-order chi connectivity index (χ0) is 25.1. The summed E-state index contributed by atoms with van der Waals surface area (Å²) in [5.74, 6) is 2.89. The molecule has 2 atom stereocenters. The number of benzene rings is 3. The van der Waals surface area contributed by atoms with Crippen LogP contribution in [0.1, 0.15) is 61.8 Å². The number of nitrogen functional groups attached to an aromatic ring is 1. The highest BCUT2D eigenvalue weighted by molar-refractivity contribution is 5.80. The minimum atomic E-state index is 0.0950. The second-order valence-corrected chi connectivity index (χ2v) is 9.18. The lowest BCUT2D eigenvalue weighted by Gasteiger charge is -2.14. The molecule has 8 heteroatoms. The van der Waals surface area contributed by atoms with Crippen LogP contribution in [0, 0.1) is 0 Å². The SMILES string of the molecule is CCC(C)c1nc(C(C)c2ccc(N)cc2)n(Cc2ccc(-c3ccccc3-c3nnn[nH]3)cc2)n1. The first-order valence-corrected chi connectivity index (χ1v) is 12.3. The second kappa shape index (κ2) is 10.1. The average molecular weight is 479 g/mol. The molecule has 0 saturated carbocycles. The van der Waals surface area contributed by atoms with Crippen molar-refractivity contribution in [1.29, 1.82) is 0 Å². The summed E-state index contributed by atoms with van der Waals surface area (Å²) in [6, 6.07) is 24.7. The predicted molar refractivity (Wildman–Crippen MR) is 141 cm³/mol. The number of H-pyrrole nitrogens is 1. The minimum absolute atomic E-state index is 0.0950. The van der Waals surface area contributed by atoms with Crippen molar-refractivity contribution in [2.75, 3.05) is 5.73 Å². The predicted octanol–water partition coefficient (Wildman–Crippen LogP) is 5.42. The lowest BCUT2D eigenvalue weighted by Crippen LogP contribution is -2.11. The van der Waals surface area contributed by atoms with Crippen LogP contribution in [0.5, 0.6) is 0 Å². The number of anilines is 1. The molecule has 0 radical (unpaired) electrons. The van der Waals surface area contributed by atoms with Gasteiger partial charge >= 0.3 is 0 Å². The van der Waals surface area contributed by atoms with Crippen LogP contribution in [0.3, 0.4) is 0 Å². The maximum Gasteiger partial charge on any atom is 0.180 e. The topological polar surface area (TPSA) is 111 Å². The number of tetrazole rings is 1. The zero-order valence-electron chi connectivity index (χ0n) is 20.8. The van der Waals surface area contributed by atoms with Crippen molar-refractivity contribution in [2.24, 2.45) is 0 Å². The van der Waals surface area contributed by atoms with Crippen LogP contribution in [0.25, 0.3) is 22.5 Å². The van der Waals surface area contributed by atoms with E-state index in [9.17, 15) is 0 Å². The Labute approximate surface area is 210 Å². The van der Waals surface area contributed by atoms with Gasteiger partial charge in [0.1, 0.15) is 5.82 Å². The Balaban J connectivity index is 1.45. The van der Waals surface area contributed by atoms with Crippen molar-refractivity contribution < 1.29 is 0 Å². The fourth-order valence-corrected chi connectivity index (χ4v) is 4.31.